The molecule has 142 valence electrons. The van der Waals surface area contributed by atoms with E-state index in [4.69, 9.17) is 9.47 Å². The van der Waals surface area contributed by atoms with E-state index >= 15 is 0 Å². The maximum absolute atomic E-state index is 12.5. The molecule has 1 aliphatic heterocycles. The molecule has 1 aromatic carbocycles. The number of fused-ring (bicyclic) bond motifs is 1. The van der Waals surface area contributed by atoms with Crippen LogP contribution < -0.4 is 5.32 Å². The summed E-state index contributed by atoms with van der Waals surface area (Å²) >= 11 is 0. The van der Waals surface area contributed by atoms with Gasteiger partial charge in [-0.2, -0.15) is 4.98 Å². The molecule has 8 heteroatoms. The Morgan fingerprint density at radius 2 is 2.33 bits per heavy atom. The molecule has 1 atom stereocenters. The van der Waals surface area contributed by atoms with Gasteiger partial charge in [-0.15, -0.1) is 5.10 Å². The van der Waals surface area contributed by atoms with Crippen molar-refractivity contribution in [3.63, 3.8) is 0 Å². The molecule has 1 fully saturated rings. The molecule has 0 bridgehead atoms. The quantitative estimate of drug-likeness (QED) is 0.667. The minimum absolute atomic E-state index is 0.0538. The van der Waals surface area contributed by atoms with Crippen LogP contribution in [0.5, 0.6) is 0 Å². The van der Waals surface area contributed by atoms with Crippen LogP contribution in [0, 0.1) is 0 Å². The highest BCUT2D eigenvalue weighted by molar-refractivity contribution is 5.94. The fourth-order valence-corrected chi connectivity index (χ4v) is 3.45. The van der Waals surface area contributed by atoms with Crippen molar-refractivity contribution >= 4 is 22.8 Å². The van der Waals surface area contributed by atoms with Crippen molar-refractivity contribution in [3.05, 3.63) is 41.9 Å². The number of amides is 1. The van der Waals surface area contributed by atoms with Crippen molar-refractivity contribution in [2.75, 3.05) is 25.6 Å². The molecule has 0 radical (unpaired) electrons. The molecule has 8 nitrogen and oxygen atoms in total. The fourth-order valence-electron chi connectivity index (χ4n) is 3.45. The van der Waals surface area contributed by atoms with E-state index in [1.54, 1.807) is 7.11 Å². The SMILES string of the molecule is COCCn1cc(CC(=O)Nc2n[nH]c([C@H]3CCCO3)n2)c2ccccc21. The summed E-state index contributed by atoms with van der Waals surface area (Å²) in [5.74, 6) is 0.801. The van der Waals surface area contributed by atoms with Crippen LogP contribution in [0.25, 0.3) is 10.9 Å². The number of hydrogen-bond donors (Lipinski definition) is 2. The molecule has 4 rings (SSSR count). The number of aromatic nitrogens is 4. The topological polar surface area (TPSA) is 94.1 Å². The number of carbonyl (C=O) groups excluding carboxylic acids is 1. The molecule has 1 saturated heterocycles. The first-order valence-corrected chi connectivity index (χ1v) is 9.14. The highest BCUT2D eigenvalue weighted by Gasteiger charge is 2.22. The first-order chi connectivity index (χ1) is 13.2. The highest BCUT2D eigenvalue weighted by Crippen LogP contribution is 2.26. The summed E-state index contributed by atoms with van der Waals surface area (Å²) in [7, 11) is 1.68. The van der Waals surface area contributed by atoms with E-state index in [2.05, 4.69) is 31.1 Å². The molecule has 27 heavy (non-hydrogen) atoms. The third-order valence-corrected chi connectivity index (χ3v) is 4.75. The number of hydrogen-bond acceptors (Lipinski definition) is 5. The molecular formula is C19H23N5O3. The normalized spacial score (nSPS) is 16.9. The Morgan fingerprint density at radius 1 is 1.44 bits per heavy atom. The second kappa shape index (κ2) is 7.89. The summed E-state index contributed by atoms with van der Waals surface area (Å²) in [6.07, 6.45) is 4.15. The minimum atomic E-state index is -0.150. The average molecular weight is 369 g/mol. The molecule has 2 N–H and O–H groups in total. The number of methoxy groups -OCH3 is 1. The van der Waals surface area contributed by atoms with Crippen LogP contribution in [0.4, 0.5) is 5.95 Å². The Kier molecular flexibility index (Phi) is 5.17. The van der Waals surface area contributed by atoms with Crippen LogP contribution in [0.15, 0.2) is 30.5 Å². The van der Waals surface area contributed by atoms with Crippen LogP contribution in [0.3, 0.4) is 0 Å². The monoisotopic (exact) mass is 369 g/mol. The maximum Gasteiger partial charge on any atom is 0.248 e. The van der Waals surface area contributed by atoms with Crippen LogP contribution >= 0.6 is 0 Å². The van der Waals surface area contributed by atoms with Gasteiger partial charge in [-0.1, -0.05) is 18.2 Å². The number of nitrogens with zero attached hydrogens (tertiary/aromatic N) is 3. The van der Waals surface area contributed by atoms with Crippen molar-refractivity contribution < 1.29 is 14.3 Å². The van der Waals surface area contributed by atoms with Gasteiger partial charge in [0, 0.05) is 37.4 Å². The van der Waals surface area contributed by atoms with E-state index in [-0.39, 0.29) is 24.4 Å². The third kappa shape index (κ3) is 3.86. The number of para-hydroxylation sites is 1. The van der Waals surface area contributed by atoms with Crippen molar-refractivity contribution in [2.45, 2.75) is 31.9 Å². The van der Waals surface area contributed by atoms with Crippen LogP contribution in [-0.2, 0) is 27.2 Å². The van der Waals surface area contributed by atoms with Crippen molar-refractivity contribution in [1.82, 2.24) is 19.7 Å². The molecule has 1 amide bonds. The van der Waals surface area contributed by atoms with Gasteiger partial charge in [-0.05, 0) is 24.5 Å². The number of nitrogens with one attached hydrogen (secondary N) is 2. The van der Waals surface area contributed by atoms with Crippen LogP contribution in [0.2, 0.25) is 0 Å². The lowest BCUT2D eigenvalue weighted by atomic mass is 10.1. The molecule has 0 spiro atoms. The van der Waals surface area contributed by atoms with Crippen molar-refractivity contribution in [2.24, 2.45) is 0 Å². The summed E-state index contributed by atoms with van der Waals surface area (Å²) in [4.78, 5) is 16.8. The van der Waals surface area contributed by atoms with Crippen LogP contribution in [0.1, 0.15) is 30.3 Å². The van der Waals surface area contributed by atoms with Gasteiger partial charge in [0.2, 0.25) is 11.9 Å². The van der Waals surface area contributed by atoms with Crippen molar-refractivity contribution in [3.8, 4) is 0 Å². The Labute approximate surface area is 156 Å². The molecule has 0 saturated carbocycles. The second-order valence-corrected chi connectivity index (χ2v) is 6.63. The van der Waals surface area contributed by atoms with Gasteiger partial charge < -0.3 is 14.0 Å². The van der Waals surface area contributed by atoms with Gasteiger partial charge in [-0.25, -0.2) is 0 Å². The Hall–Kier alpha value is -2.71. The van der Waals surface area contributed by atoms with Gasteiger partial charge in [0.05, 0.1) is 13.0 Å². The third-order valence-electron chi connectivity index (χ3n) is 4.75. The standard InChI is InChI=1S/C19H23N5O3/c1-26-10-8-24-12-13(14-5-2-3-6-15(14)24)11-17(25)20-19-21-18(22-23-19)16-7-4-9-27-16/h2-3,5-6,12,16H,4,7-11H2,1H3,(H2,20,21,22,23,25)/t16-/m1/s1. The molecule has 3 aromatic rings. The van der Waals surface area contributed by atoms with Crippen molar-refractivity contribution in [1.29, 1.82) is 0 Å². The lowest BCUT2D eigenvalue weighted by Crippen LogP contribution is -2.15. The number of ether oxygens (including phenoxy) is 2. The molecule has 3 heterocycles. The number of anilines is 1. The van der Waals surface area contributed by atoms with E-state index in [9.17, 15) is 4.79 Å². The van der Waals surface area contributed by atoms with Gasteiger partial charge in [0.1, 0.15) is 6.10 Å². The summed E-state index contributed by atoms with van der Waals surface area (Å²) in [6.45, 7) is 2.10. The zero-order valence-electron chi connectivity index (χ0n) is 15.3. The Bertz CT molecular complexity index is 926. The summed E-state index contributed by atoms with van der Waals surface area (Å²) in [5, 5.41) is 10.8. The number of rotatable bonds is 7. The maximum atomic E-state index is 12.5. The number of H-pyrrole nitrogens is 1. The van der Waals surface area contributed by atoms with E-state index in [0.29, 0.717) is 12.4 Å². The molecule has 0 aliphatic carbocycles. The fraction of sp³-hybridized carbons (Fsp3) is 0.421. The lowest BCUT2D eigenvalue weighted by Gasteiger charge is -2.03. The second-order valence-electron chi connectivity index (χ2n) is 6.63. The smallest absolute Gasteiger partial charge is 0.248 e. The Morgan fingerprint density at radius 3 is 3.15 bits per heavy atom. The van der Waals surface area contributed by atoms with E-state index in [0.717, 1.165) is 42.5 Å². The van der Waals surface area contributed by atoms with Gasteiger partial charge in [0.15, 0.2) is 5.82 Å². The Balaban J connectivity index is 1.46. The zero-order chi connectivity index (χ0) is 18.6. The lowest BCUT2D eigenvalue weighted by molar-refractivity contribution is -0.115. The zero-order valence-corrected chi connectivity index (χ0v) is 15.3. The summed E-state index contributed by atoms with van der Waals surface area (Å²) < 4.78 is 12.9. The van der Waals surface area contributed by atoms with Gasteiger partial charge in [-0.3, -0.25) is 15.2 Å². The first-order valence-electron chi connectivity index (χ1n) is 9.14. The largest absolute Gasteiger partial charge is 0.383 e. The van der Waals surface area contributed by atoms with Gasteiger partial charge in [0.25, 0.3) is 0 Å². The average Bonchev–Trinajstić information content (AvgIpc) is 3.41. The minimum Gasteiger partial charge on any atom is -0.383 e. The van der Waals surface area contributed by atoms with E-state index in [1.807, 2.05) is 24.4 Å². The summed E-state index contributed by atoms with van der Waals surface area (Å²) in [5.41, 5.74) is 2.06. The highest BCUT2D eigenvalue weighted by atomic mass is 16.5. The van der Waals surface area contributed by atoms with E-state index < -0.39 is 0 Å². The number of carbonyl (C=O) groups is 1. The van der Waals surface area contributed by atoms with E-state index in [1.165, 1.54) is 0 Å². The van der Waals surface area contributed by atoms with Crippen LogP contribution in [-0.4, -0.2) is 46.0 Å². The molecular weight excluding hydrogens is 346 g/mol. The summed E-state index contributed by atoms with van der Waals surface area (Å²) in [6, 6.07) is 8.06. The van der Waals surface area contributed by atoms with Gasteiger partial charge >= 0.3 is 0 Å². The first kappa shape index (κ1) is 17.7. The molecule has 1 aliphatic rings. The predicted molar refractivity (Wildman–Crippen MR) is 100 cm³/mol. The number of aromatic amines is 1. The number of benzene rings is 1. The molecule has 2 aromatic heterocycles. The molecule has 0 unspecified atom stereocenters. The predicted octanol–water partition coefficient (Wildman–Crippen LogP) is 2.44.